The van der Waals surface area contributed by atoms with Gasteiger partial charge in [-0.15, -0.1) is 0 Å². The fourth-order valence-electron chi connectivity index (χ4n) is 4.29. The second-order valence-electron chi connectivity index (χ2n) is 9.05. The molecule has 0 unspecified atom stereocenters. The summed E-state index contributed by atoms with van der Waals surface area (Å²) in [6, 6.07) is 10.2. The molecule has 1 aliphatic heterocycles. The van der Waals surface area contributed by atoms with Crippen molar-refractivity contribution in [2.24, 2.45) is 0 Å². The van der Waals surface area contributed by atoms with Gasteiger partial charge >= 0.3 is 6.09 Å². The lowest BCUT2D eigenvalue weighted by Crippen LogP contribution is -2.27. The molecule has 3 heterocycles. The molecule has 31 heavy (non-hydrogen) atoms. The Morgan fingerprint density at radius 1 is 1.16 bits per heavy atom. The average Bonchev–Trinajstić information content (AvgIpc) is 3.02. The van der Waals surface area contributed by atoms with Crippen LogP contribution in [0.3, 0.4) is 0 Å². The predicted octanol–water partition coefficient (Wildman–Crippen LogP) is 4.88. The third-order valence-corrected chi connectivity index (χ3v) is 5.64. The maximum atomic E-state index is 13.5. The minimum atomic E-state index is -0.606. The Kier molecular flexibility index (Phi) is 5.75. The molecule has 0 saturated carbocycles. The largest absolute Gasteiger partial charge is 0.480 e. The van der Waals surface area contributed by atoms with E-state index in [1.165, 1.54) is 5.56 Å². The minimum absolute atomic E-state index is 0.392. The fraction of sp³-hybridized carbons (Fsp3) is 0.440. The molecular formula is C25H31N3O3. The number of aromatic nitrogens is 2. The van der Waals surface area contributed by atoms with Crippen LogP contribution in [0.25, 0.3) is 22.2 Å². The summed E-state index contributed by atoms with van der Waals surface area (Å²) in [5.41, 5.74) is 5.11. The van der Waals surface area contributed by atoms with Crippen molar-refractivity contribution in [3.63, 3.8) is 0 Å². The molecular weight excluding hydrogens is 390 g/mol. The molecule has 0 saturated heterocycles. The van der Waals surface area contributed by atoms with Crippen LogP contribution in [0.15, 0.2) is 30.3 Å². The van der Waals surface area contributed by atoms with E-state index in [-0.39, 0.29) is 0 Å². The molecule has 4 rings (SSSR count). The normalized spacial score (nSPS) is 14.6. The van der Waals surface area contributed by atoms with Gasteiger partial charge < -0.3 is 14.8 Å². The van der Waals surface area contributed by atoms with Crippen LogP contribution in [-0.2, 0) is 17.6 Å². The van der Waals surface area contributed by atoms with E-state index in [1.807, 2.05) is 45.9 Å². The summed E-state index contributed by atoms with van der Waals surface area (Å²) in [4.78, 5) is 18.2. The molecule has 6 heteroatoms. The topological polar surface area (TPSA) is 65.4 Å². The Balaban J connectivity index is 2.07. The van der Waals surface area contributed by atoms with Crippen molar-refractivity contribution in [2.45, 2.75) is 52.6 Å². The van der Waals surface area contributed by atoms with Crippen LogP contribution < -0.4 is 10.1 Å². The molecule has 1 aromatic carbocycles. The summed E-state index contributed by atoms with van der Waals surface area (Å²) in [6.45, 7) is 9.45. The molecule has 0 fully saturated rings. The number of para-hydroxylation sites is 1. The monoisotopic (exact) mass is 421 g/mol. The van der Waals surface area contributed by atoms with Gasteiger partial charge in [-0.05, 0) is 83.3 Å². The number of ether oxygens (including phenoxy) is 2. The average molecular weight is 422 g/mol. The predicted molar refractivity (Wildman–Crippen MR) is 123 cm³/mol. The molecule has 0 amide bonds. The van der Waals surface area contributed by atoms with E-state index in [0.29, 0.717) is 5.88 Å². The zero-order valence-corrected chi connectivity index (χ0v) is 19.0. The van der Waals surface area contributed by atoms with Crippen LogP contribution in [0.1, 0.15) is 44.0 Å². The Labute approximate surface area is 183 Å². The molecule has 1 N–H and O–H groups in total. The van der Waals surface area contributed by atoms with Crippen molar-refractivity contribution in [2.75, 3.05) is 20.2 Å². The first kappa shape index (κ1) is 21.4. The van der Waals surface area contributed by atoms with Gasteiger partial charge in [0.2, 0.25) is 5.88 Å². The lowest BCUT2D eigenvalue weighted by molar-refractivity contribution is 0.0547. The number of nitrogens with zero attached hydrogens (tertiary/aromatic N) is 2. The lowest BCUT2D eigenvalue weighted by Gasteiger charge is -2.22. The van der Waals surface area contributed by atoms with Crippen molar-refractivity contribution in [3.05, 3.63) is 47.2 Å². The number of methoxy groups -OCH3 is 1. The third-order valence-electron chi connectivity index (χ3n) is 5.64. The summed E-state index contributed by atoms with van der Waals surface area (Å²) >= 11 is 0. The second-order valence-corrected chi connectivity index (χ2v) is 9.05. The van der Waals surface area contributed by atoms with E-state index in [9.17, 15) is 4.79 Å². The zero-order valence-electron chi connectivity index (χ0n) is 19.0. The van der Waals surface area contributed by atoms with Gasteiger partial charge in [-0.3, -0.25) is 0 Å². The van der Waals surface area contributed by atoms with Crippen LogP contribution in [0.5, 0.6) is 5.88 Å². The quantitative estimate of drug-likeness (QED) is 0.607. The number of rotatable bonds is 1. The van der Waals surface area contributed by atoms with E-state index < -0.39 is 11.7 Å². The fourth-order valence-corrected chi connectivity index (χ4v) is 4.29. The second kappa shape index (κ2) is 8.35. The molecule has 0 radical (unpaired) electrons. The molecule has 0 spiro atoms. The van der Waals surface area contributed by atoms with Gasteiger partial charge in [0.05, 0.1) is 23.9 Å². The first-order valence-electron chi connectivity index (χ1n) is 10.9. The van der Waals surface area contributed by atoms with Gasteiger partial charge in [-0.1, -0.05) is 18.2 Å². The summed E-state index contributed by atoms with van der Waals surface area (Å²) in [5, 5.41) is 4.59. The number of carbonyl (C=O) groups excluding carboxylic acids is 1. The highest BCUT2D eigenvalue weighted by molar-refractivity contribution is 6.00. The first-order valence-corrected chi connectivity index (χ1v) is 10.9. The van der Waals surface area contributed by atoms with Crippen LogP contribution >= 0.6 is 0 Å². The summed E-state index contributed by atoms with van der Waals surface area (Å²) in [6.07, 6.45) is 2.35. The standard InChI is InChI=1S/C25H31N3O3/c1-16-17-9-8-13-26-14-12-19-18-10-6-7-11-21(18)28(24(29)31-25(2,3)4)22(19)20(15-17)23(27-16)30-5/h6-7,10-11,15,26H,8-9,12-14H2,1-5H3. The summed E-state index contributed by atoms with van der Waals surface area (Å²) in [7, 11) is 1.63. The van der Waals surface area contributed by atoms with E-state index in [2.05, 4.69) is 17.4 Å². The highest BCUT2D eigenvalue weighted by Crippen LogP contribution is 2.39. The van der Waals surface area contributed by atoms with Crippen molar-refractivity contribution in [1.82, 2.24) is 14.9 Å². The highest BCUT2D eigenvalue weighted by atomic mass is 16.6. The number of nitrogens with one attached hydrogen (secondary N) is 1. The molecule has 1 aliphatic rings. The van der Waals surface area contributed by atoms with Crippen molar-refractivity contribution in [1.29, 1.82) is 0 Å². The summed E-state index contributed by atoms with van der Waals surface area (Å²) in [5.74, 6) is 0.530. The van der Waals surface area contributed by atoms with E-state index in [1.54, 1.807) is 11.7 Å². The number of carbonyl (C=O) groups is 1. The Hall–Kier alpha value is -2.86. The summed E-state index contributed by atoms with van der Waals surface area (Å²) < 4.78 is 13.2. The Morgan fingerprint density at radius 2 is 1.94 bits per heavy atom. The number of fused-ring (bicyclic) bond motifs is 6. The van der Waals surface area contributed by atoms with E-state index in [4.69, 9.17) is 14.5 Å². The van der Waals surface area contributed by atoms with Gasteiger partial charge in [0.25, 0.3) is 0 Å². The van der Waals surface area contributed by atoms with Crippen molar-refractivity contribution < 1.29 is 14.3 Å². The SMILES string of the molecule is COc1nc(C)c2cc1-c1c(c3ccccc3n1C(=O)OC(C)(C)C)CCNCCC2. The molecule has 3 aromatic rings. The van der Waals surface area contributed by atoms with Gasteiger partial charge in [0, 0.05) is 11.1 Å². The van der Waals surface area contributed by atoms with Gasteiger partial charge in [-0.25, -0.2) is 14.3 Å². The molecule has 164 valence electrons. The minimum Gasteiger partial charge on any atom is -0.480 e. The number of aryl methyl sites for hydroxylation is 2. The third kappa shape index (κ3) is 4.17. The van der Waals surface area contributed by atoms with Crippen LogP contribution in [0, 0.1) is 6.92 Å². The Bertz CT molecular complexity index is 1130. The first-order chi connectivity index (χ1) is 14.8. The number of hydrogen-bond acceptors (Lipinski definition) is 5. The molecule has 6 nitrogen and oxygen atoms in total. The molecule has 0 aliphatic carbocycles. The van der Waals surface area contributed by atoms with E-state index >= 15 is 0 Å². The number of pyridine rings is 1. The smallest absolute Gasteiger partial charge is 0.419 e. The lowest BCUT2D eigenvalue weighted by atomic mass is 10.00. The molecule has 2 aromatic heterocycles. The Morgan fingerprint density at radius 3 is 2.68 bits per heavy atom. The van der Waals surface area contributed by atoms with Crippen molar-refractivity contribution >= 4 is 17.0 Å². The van der Waals surface area contributed by atoms with Crippen LogP contribution in [0.4, 0.5) is 4.79 Å². The zero-order chi connectivity index (χ0) is 22.2. The van der Waals surface area contributed by atoms with Gasteiger partial charge in [0.1, 0.15) is 5.60 Å². The van der Waals surface area contributed by atoms with Crippen molar-refractivity contribution in [3.8, 4) is 17.1 Å². The van der Waals surface area contributed by atoms with Gasteiger partial charge in [-0.2, -0.15) is 0 Å². The van der Waals surface area contributed by atoms with Crippen LogP contribution in [0.2, 0.25) is 0 Å². The number of benzene rings is 1. The maximum absolute atomic E-state index is 13.5. The van der Waals surface area contributed by atoms with E-state index in [0.717, 1.165) is 65.8 Å². The van der Waals surface area contributed by atoms with Gasteiger partial charge in [0.15, 0.2) is 0 Å². The molecule has 2 bridgehead atoms. The number of hydrogen-bond donors (Lipinski definition) is 1. The maximum Gasteiger partial charge on any atom is 0.419 e. The highest BCUT2D eigenvalue weighted by Gasteiger charge is 2.28. The van der Waals surface area contributed by atoms with Crippen LogP contribution in [-0.4, -0.2) is 41.4 Å². The molecule has 0 atom stereocenters.